The Morgan fingerprint density at radius 3 is 2.50 bits per heavy atom. The maximum atomic E-state index is 11.9. The molecule has 1 aliphatic heterocycles. The number of primary amides is 1. The van der Waals surface area contributed by atoms with Gasteiger partial charge in [0.05, 0.1) is 18.9 Å². The number of hydrogen-bond donors (Lipinski definition) is 1. The van der Waals surface area contributed by atoms with Crippen LogP contribution >= 0.6 is 0 Å². The van der Waals surface area contributed by atoms with Crippen LogP contribution < -0.4 is 10.5 Å². The van der Waals surface area contributed by atoms with Crippen molar-refractivity contribution >= 4 is 22.5 Å². The number of methoxy groups -OCH3 is 1. The van der Waals surface area contributed by atoms with Gasteiger partial charge in [0.25, 0.3) is 0 Å². The van der Waals surface area contributed by atoms with Gasteiger partial charge in [0.15, 0.2) is 0 Å². The second-order valence-electron chi connectivity index (χ2n) is 6.28. The summed E-state index contributed by atoms with van der Waals surface area (Å²) in [5.41, 5.74) is 8.41. The van der Waals surface area contributed by atoms with Crippen molar-refractivity contribution in [3.63, 3.8) is 0 Å². The second kappa shape index (κ2) is 6.52. The fraction of sp³-hybridized carbons (Fsp3) is 0.143. The topological polar surface area (TPSA) is 67.9 Å². The van der Waals surface area contributed by atoms with E-state index in [1.165, 1.54) is 10.4 Å². The first kappa shape index (κ1) is 16.1. The van der Waals surface area contributed by atoms with Crippen LogP contribution in [0.5, 0.6) is 5.75 Å². The minimum absolute atomic E-state index is 0.208. The van der Waals surface area contributed by atoms with Crippen LogP contribution in [0.1, 0.15) is 23.6 Å². The Morgan fingerprint density at radius 2 is 1.81 bits per heavy atom. The quantitative estimate of drug-likeness (QED) is 0.777. The van der Waals surface area contributed by atoms with Crippen LogP contribution in [0.2, 0.25) is 0 Å². The van der Waals surface area contributed by atoms with E-state index in [9.17, 15) is 4.79 Å². The highest BCUT2D eigenvalue weighted by Gasteiger charge is 2.32. The summed E-state index contributed by atoms with van der Waals surface area (Å²) in [6.07, 6.45) is 0.619. The SMILES string of the molecule is COc1ccc([C@@H]2CC(c3ccc4ccccc4c3)=NN2C(N)=O)cc1. The predicted molar refractivity (Wildman–Crippen MR) is 102 cm³/mol. The average Bonchev–Trinajstić information content (AvgIpc) is 3.13. The van der Waals surface area contributed by atoms with Gasteiger partial charge in [-0.05, 0) is 40.1 Å². The number of benzene rings is 3. The van der Waals surface area contributed by atoms with Crippen LogP contribution in [0.3, 0.4) is 0 Å². The molecule has 130 valence electrons. The molecule has 26 heavy (non-hydrogen) atoms. The molecule has 0 unspecified atom stereocenters. The van der Waals surface area contributed by atoms with Gasteiger partial charge < -0.3 is 10.5 Å². The summed E-state index contributed by atoms with van der Waals surface area (Å²) in [5, 5.41) is 8.20. The first-order valence-corrected chi connectivity index (χ1v) is 8.45. The number of hydrazone groups is 1. The lowest BCUT2D eigenvalue weighted by Crippen LogP contribution is -2.31. The molecule has 3 aromatic carbocycles. The number of rotatable bonds is 3. The maximum absolute atomic E-state index is 11.9. The molecular formula is C21H19N3O2. The molecule has 0 aliphatic carbocycles. The molecule has 0 spiro atoms. The molecule has 4 rings (SSSR count). The van der Waals surface area contributed by atoms with E-state index in [1.807, 2.05) is 42.5 Å². The van der Waals surface area contributed by atoms with E-state index in [4.69, 9.17) is 10.5 Å². The first-order chi connectivity index (χ1) is 12.7. The van der Waals surface area contributed by atoms with Crippen molar-refractivity contribution in [3.8, 4) is 5.75 Å². The molecule has 1 heterocycles. The summed E-state index contributed by atoms with van der Waals surface area (Å²) in [6.45, 7) is 0. The normalized spacial score (nSPS) is 16.6. The fourth-order valence-corrected chi connectivity index (χ4v) is 3.34. The minimum atomic E-state index is -0.554. The van der Waals surface area contributed by atoms with Gasteiger partial charge in [-0.15, -0.1) is 0 Å². The van der Waals surface area contributed by atoms with E-state index >= 15 is 0 Å². The van der Waals surface area contributed by atoms with Gasteiger partial charge in [0.2, 0.25) is 0 Å². The number of carbonyl (C=O) groups is 1. The Morgan fingerprint density at radius 1 is 1.08 bits per heavy atom. The van der Waals surface area contributed by atoms with Gasteiger partial charge in [-0.1, -0.05) is 48.5 Å². The summed E-state index contributed by atoms with van der Waals surface area (Å²) in [4.78, 5) is 11.9. The number of carbonyl (C=O) groups excluding carboxylic acids is 1. The lowest BCUT2D eigenvalue weighted by Gasteiger charge is -2.20. The highest BCUT2D eigenvalue weighted by Crippen LogP contribution is 2.33. The summed E-state index contributed by atoms with van der Waals surface area (Å²) in [6, 6.07) is 21.3. The zero-order valence-corrected chi connectivity index (χ0v) is 14.4. The van der Waals surface area contributed by atoms with Crippen LogP contribution in [0.4, 0.5) is 4.79 Å². The molecule has 1 aliphatic rings. The van der Waals surface area contributed by atoms with Crippen molar-refractivity contribution in [1.82, 2.24) is 5.01 Å². The van der Waals surface area contributed by atoms with Crippen molar-refractivity contribution in [2.45, 2.75) is 12.5 Å². The number of nitrogens with two attached hydrogens (primary N) is 1. The molecule has 0 aromatic heterocycles. The zero-order valence-electron chi connectivity index (χ0n) is 14.4. The van der Waals surface area contributed by atoms with E-state index in [1.54, 1.807) is 7.11 Å². The molecular weight excluding hydrogens is 326 g/mol. The van der Waals surface area contributed by atoms with Gasteiger partial charge in [-0.3, -0.25) is 0 Å². The largest absolute Gasteiger partial charge is 0.497 e. The molecule has 2 amide bonds. The molecule has 1 atom stereocenters. The molecule has 0 fully saturated rings. The summed E-state index contributed by atoms with van der Waals surface area (Å²) < 4.78 is 5.20. The number of amides is 2. The lowest BCUT2D eigenvalue weighted by atomic mass is 9.97. The van der Waals surface area contributed by atoms with Crippen molar-refractivity contribution in [2.75, 3.05) is 7.11 Å². The molecule has 2 N–H and O–H groups in total. The molecule has 3 aromatic rings. The number of nitrogens with zero attached hydrogens (tertiary/aromatic N) is 2. The highest BCUT2D eigenvalue weighted by atomic mass is 16.5. The number of urea groups is 1. The maximum Gasteiger partial charge on any atom is 0.335 e. The van der Waals surface area contributed by atoms with E-state index < -0.39 is 6.03 Å². The van der Waals surface area contributed by atoms with Crippen LogP contribution in [0, 0.1) is 0 Å². The van der Waals surface area contributed by atoms with Crippen molar-refractivity contribution in [3.05, 3.63) is 77.9 Å². The van der Waals surface area contributed by atoms with E-state index in [0.29, 0.717) is 6.42 Å². The smallest absolute Gasteiger partial charge is 0.335 e. The van der Waals surface area contributed by atoms with Crippen molar-refractivity contribution in [1.29, 1.82) is 0 Å². The molecule has 0 bridgehead atoms. The Bertz CT molecular complexity index is 996. The Labute approximate surface area is 151 Å². The van der Waals surface area contributed by atoms with E-state index in [-0.39, 0.29) is 6.04 Å². The number of fused-ring (bicyclic) bond motifs is 1. The lowest BCUT2D eigenvalue weighted by molar-refractivity contribution is 0.196. The summed E-state index contributed by atoms with van der Waals surface area (Å²) in [5.74, 6) is 0.771. The van der Waals surface area contributed by atoms with Crippen molar-refractivity contribution < 1.29 is 9.53 Å². The third kappa shape index (κ3) is 2.88. The molecule has 0 saturated carbocycles. The van der Waals surface area contributed by atoms with E-state index in [2.05, 4.69) is 29.4 Å². The molecule has 5 heteroatoms. The van der Waals surface area contributed by atoms with Gasteiger partial charge in [-0.25, -0.2) is 9.80 Å². The van der Waals surface area contributed by atoms with E-state index in [0.717, 1.165) is 28.0 Å². The Kier molecular flexibility index (Phi) is 4.05. The van der Waals surface area contributed by atoms with Gasteiger partial charge in [0, 0.05) is 6.42 Å². The fourth-order valence-electron chi connectivity index (χ4n) is 3.34. The average molecular weight is 345 g/mol. The standard InChI is InChI=1S/C21H19N3O2/c1-26-18-10-8-15(9-11-18)20-13-19(23-24(20)21(22)25)17-7-6-14-4-2-3-5-16(14)12-17/h2-12,20H,13H2,1H3,(H2,22,25)/t20-/m0/s1. The number of hydrogen-bond acceptors (Lipinski definition) is 3. The third-order valence-electron chi connectivity index (χ3n) is 4.72. The van der Waals surface area contributed by atoms with Crippen LogP contribution in [0.25, 0.3) is 10.8 Å². The molecule has 0 radical (unpaired) electrons. The van der Waals surface area contributed by atoms with Crippen molar-refractivity contribution in [2.24, 2.45) is 10.8 Å². The summed E-state index contributed by atoms with van der Waals surface area (Å²) in [7, 11) is 1.63. The highest BCUT2D eigenvalue weighted by molar-refractivity contribution is 6.05. The zero-order chi connectivity index (χ0) is 18.1. The Balaban J connectivity index is 1.68. The van der Waals surface area contributed by atoms with Gasteiger partial charge in [-0.2, -0.15) is 5.10 Å². The molecule has 0 saturated heterocycles. The van der Waals surface area contributed by atoms with Gasteiger partial charge >= 0.3 is 6.03 Å². The first-order valence-electron chi connectivity index (χ1n) is 8.45. The van der Waals surface area contributed by atoms with Gasteiger partial charge in [0.1, 0.15) is 5.75 Å². The van der Waals surface area contributed by atoms with Crippen LogP contribution in [0.15, 0.2) is 71.8 Å². The summed E-state index contributed by atoms with van der Waals surface area (Å²) >= 11 is 0. The molecule has 5 nitrogen and oxygen atoms in total. The van der Waals surface area contributed by atoms with Crippen LogP contribution in [-0.2, 0) is 0 Å². The third-order valence-corrected chi connectivity index (χ3v) is 4.72. The monoisotopic (exact) mass is 345 g/mol. The predicted octanol–water partition coefficient (Wildman–Crippen LogP) is 4.08. The second-order valence-corrected chi connectivity index (χ2v) is 6.28. The minimum Gasteiger partial charge on any atom is -0.497 e. The van der Waals surface area contributed by atoms with Crippen LogP contribution in [-0.4, -0.2) is 23.9 Å². The Hall–Kier alpha value is -3.34. The number of ether oxygens (including phenoxy) is 1.